The third kappa shape index (κ3) is 2.21. The van der Waals surface area contributed by atoms with Crippen molar-refractivity contribution in [1.82, 2.24) is 29.7 Å². The largest absolute Gasteiger partial charge is 0.361 e. The lowest BCUT2D eigenvalue weighted by molar-refractivity contribution is 0.728. The number of hydrogen-bond donors (Lipinski definition) is 2. The first-order valence-electron chi connectivity index (χ1n) is 7.61. The van der Waals surface area contributed by atoms with Crippen molar-refractivity contribution >= 4 is 27.9 Å². The van der Waals surface area contributed by atoms with Gasteiger partial charge in [-0.05, 0) is 26.0 Å². The number of nitrogens with one attached hydrogen (secondary N) is 2. The van der Waals surface area contributed by atoms with E-state index in [2.05, 4.69) is 43.0 Å². The third-order valence-corrected chi connectivity index (χ3v) is 3.98. The van der Waals surface area contributed by atoms with E-state index >= 15 is 0 Å². The number of aryl methyl sites for hydroxylation is 2. The number of para-hydroxylation sites is 2. The Morgan fingerprint density at radius 1 is 1.17 bits per heavy atom. The molecule has 4 rings (SSSR count). The molecule has 0 aliphatic heterocycles. The van der Waals surface area contributed by atoms with Crippen molar-refractivity contribution in [3.63, 3.8) is 0 Å². The zero-order valence-electron chi connectivity index (χ0n) is 13.0. The molecule has 0 spiro atoms. The second-order valence-electron chi connectivity index (χ2n) is 5.38. The fraction of sp³-hybridized carbons (Fsp3) is 0.250. The monoisotopic (exact) mass is 307 g/mol. The van der Waals surface area contributed by atoms with Crippen LogP contribution >= 0.6 is 0 Å². The molecule has 2 N–H and O–H groups in total. The summed E-state index contributed by atoms with van der Waals surface area (Å²) in [6, 6.07) is 8.17. The number of aromatic amines is 1. The van der Waals surface area contributed by atoms with Gasteiger partial charge in [0.1, 0.15) is 17.7 Å². The summed E-state index contributed by atoms with van der Waals surface area (Å²) in [5.74, 6) is 1.70. The summed E-state index contributed by atoms with van der Waals surface area (Å²) in [5.41, 5.74) is 4.69. The van der Waals surface area contributed by atoms with Crippen molar-refractivity contribution < 1.29 is 0 Å². The molecular formula is C16H17N7. The van der Waals surface area contributed by atoms with E-state index in [1.165, 1.54) is 0 Å². The normalized spacial score (nSPS) is 11.4. The summed E-state index contributed by atoms with van der Waals surface area (Å²) in [7, 11) is 0. The highest BCUT2D eigenvalue weighted by atomic mass is 15.2. The van der Waals surface area contributed by atoms with Gasteiger partial charge in [0, 0.05) is 6.54 Å². The van der Waals surface area contributed by atoms with Crippen LogP contribution in [0.15, 0.2) is 30.6 Å². The Morgan fingerprint density at radius 2 is 2.04 bits per heavy atom. The molecule has 0 saturated carbocycles. The lowest BCUT2D eigenvalue weighted by atomic mass is 10.3. The highest BCUT2D eigenvalue weighted by molar-refractivity contribution is 5.86. The van der Waals surface area contributed by atoms with E-state index < -0.39 is 0 Å². The summed E-state index contributed by atoms with van der Waals surface area (Å²) in [6.45, 7) is 5.53. The quantitative estimate of drug-likeness (QED) is 0.605. The Bertz CT molecular complexity index is 983. The molecule has 3 aromatic heterocycles. The Labute approximate surface area is 132 Å². The molecule has 0 atom stereocenters. The predicted octanol–water partition coefficient (Wildman–Crippen LogP) is 2.64. The predicted molar refractivity (Wildman–Crippen MR) is 89.2 cm³/mol. The molecule has 0 amide bonds. The number of fused-ring (bicyclic) bond motifs is 2. The Morgan fingerprint density at radius 3 is 2.91 bits per heavy atom. The first-order chi connectivity index (χ1) is 11.3. The molecule has 0 unspecified atom stereocenters. The zero-order chi connectivity index (χ0) is 15.8. The molecule has 3 heterocycles. The highest BCUT2D eigenvalue weighted by Crippen LogP contribution is 2.20. The fourth-order valence-corrected chi connectivity index (χ4v) is 2.86. The number of nitrogens with zero attached hydrogens (tertiary/aromatic N) is 5. The Balaban J connectivity index is 1.68. The molecule has 0 fully saturated rings. The maximum Gasteiger partial charge on any atom is 0.158 e. The van der Waals surface area contributed by atoms with E-state index in [4.69, 9.17) is 4.98 Å². The van der Waals surface area contributed by atoms with Gasteiger partial charge in [0.25, 0.3) is 0 Å². The maximum atomic E-state index is 4.71. The fourth-order valence-electron chi connectivity index (χ4n) is 2.86. The standard InChI is InChI=1S/C16H17N7/c1-3-23-12-7-5-4-6-11(12)20-13(23)8-17-16-15-14(18-9-19-16)10(2)21-22-15/h4-7,9H,3,8H2,1-2H3,(H,21,22)(H,17,18,19). The van der Waals surface area contributed by atoms with Crippen LogP contribution < -0.4 is 5.32 Å². The van der Waals surface area contributed by atoms with E-state index in [-0.39, 0.29) is 0 Å². The van der Waals surface area contributed by atoms with Crippen LogP contribution in [0.3, 0.4) is 0 Å². The van der Waals surface area contributed by atoms with Crippen LogP contribution in [0.4, 0.5) is 5.82 Å². The van der Waals surface area contributed by atoms with Crippen molar-refractivity contribution in [2.45, 2.75) is 26.9 Å². The molecule has 116 valence electrons. The van der Waals surface area contributed by atoms with Crippen LogP contribution in [0.1, 0.15) is 18.4 Å². The van der Waals surface area contributed by atoms with E-state index in [9.17, 15) is 0 Å². The van der Waals surface area contributed by atoms with Crippen molar-refractivity contribution in [3.05, 3.63) is 42.1 Å². The van der Waals surface area contributed by atoms with Crippen LogP contribution in [0.5, 0.6) is 0 Å². The number of H-pyrrole nitrogens is 1. The third-order valence-electron chi connectivity index (χ3n) is 3.98. The van der Waals surface area contributed by atoms with Crippen molar-refractivity contribution in [1.29, 1.82) is 0 Å². The summed E-state index contributed by atoms with van der Waals surface area (Å²) >= 11 is 0. The molecule has 0 radical (unpaired) electrons. The van der Waals surface area contributed by atoms with Gasteiger partial charge < -0.3 is 9.88 Å². The molecule has 0 bridgehead atoms. The second kappa shape index (κ2) is 5.35. The van der Waals surface area contributed by atoms with Crippen molar-refractivity contribution in [2.75, 3.05) is 5.32 Å². The van der Waals surface area contributed by atoms with Crippen LogP contribution in [-0.4, -0.2) is 29.7 Å². The minimum Gasteiger partial charge on any atom is -0.361 e. The van der Waals surface area contributed by atoms with E-state index in [0.29, 0.717) is 12.4 Å². The Hall–Kier alpha value is -2.96. The molecule has 1 aromatic carbocycles. The van der Waals surface area contributed by atoms with Gasteiger partial charge in [0.15, 0.2) is 11.3 Å². The molecule has 7 heteroatoms. The number of hydrogen-bond acceptors (Lipinski definition) is 5. The molecule has 0 saturated heterocycles. The van der Waals surface area contributed by atoms with Crippen molar-refractivity contribution in [3.8, 4) is 0 Å². The number of rotatable bonds is 4. The Kier molecular flexibility index (Phi) is 3.18. The van der Waals surface area contributed by atoms with Gasteiger partial charge in [-0.3, -0.25) is 5.10 Å². The van der Waals surface area contributed by atoms with Gasteiger partial charge in [-0.2, -0.15) is 5.10 Å². The molecule has 0 aliphatic carbocycles. The lowest BCUT2D eigenvalue weighted by Gasteiger charge is -2.08. The maximum absolute atomic E-state index is 4.71. The van der Waals surface area contributed by atoms with Crippen LogP contribution in [0.25, 0.3) is 22.1 Å². The summed E-state index contributed by atoms with van der Waals surface area (Å²) in [4.78, 5) is 13.3. The van der Waals surface area contributed by atoms with E-state index in [1.807, 2.05) is 25.1 Å². The molecule has 0 aliphatic rings. The smallest absolute Gasteiger partial charge is 0.158 e. The number of aromatic nitrogens is 6. The first kappa shape index (κ1) is 13.7. The van der Waals surface area contributed by atoms with Crippen LogP contribution in [0, 0.1) is 6.92 Å². The van der Waals surface area contributed by atoms with E-state index in [0.717, 1.165) is 40.1 Å². The molecule has 23 heavy (non-hydrogen) atoms. The van der Waals surface area contributed by atoms with E-state index in [1.54, 1.807) is 6.33 Å². The number of anilines is 1. The molecular weight excluding hydrogens is 290 g/mol. The van der Waals surface area contributed by atoms with Crippen LogP contribution in [-0.2, 0) is 13.1 Å². The van der Waals surface area contributed by atoms with Gasteiger partial charge in [-0.1, -0.05) is 12.1 Å². The first-order valence-corrected chi connectivity index (χ1v) is 7.61. The summed E-state index contributed by atoms with van der Waals surface area (Å²) < 4.78 is 2.20. The number of benzene rings is 1. The minimum absolute atomic E-state index is 0.584. The van der Waals surface area contributed by atoms with Crippen molar-refractivity contribution in [2.24, 2.45) is 0 Å². The summed E-state index contributed by atoms with van der Waals surface area (Å²) in [5, 5.41) is 10.6. The highest BCUT2D eigenvalue weighted by Gasteiger charge is 2.12. The van der Waals surface area contributed by atoms with Gasteiger partial charge in [0.2, 0.25) is 0 Å². The zero-order valence-corrected chi connectivity index (χ0v) is 13.0. The number of imidazole rings is 1. The minimum atomic E-state index is 0.584. The average Bonchev–Trinajstić information content (AvgIpc) is 3.13. The molecule has 4 aromatic rings. The SMILES string of the molecule is CCn1c(CNc2ncnc3c(C)[nH]nc23)nc2ccccc21. The average molecular weight is 307 g/mol. The topological polar surface area (TPSA) is 84.3 Å². The van der Waals surface area contributed by atoms with Crippen LogP contribution in [0.2, 0.25) is 0 Å². The second-order valence-corrected chi connectivity index (χ2v) is 5.38. The summed E-state index contributed by atoms with van der Waals surface area (Å²) in [6.07, 6.45) is 1.55. The van der Waals surface area contributed by atoms with Gasteiger partial charge in [-0.15, -0.1) is 0 Å². The van der Waals surface area contributed by atoms with Gasteiger partial charge in [0.05, 0.1) is 23.3 Å². The molecule has 7 nitrogen and oxygen atoms in total. The lowest BCUT2D eigenvalue weighted by Crippen LogP contribution is -2.09. The van der Waals surface area contributed by atoms with Gasteiger partial charge >= 0.3 is 0 Å². The van der Waals surface area contributed by atoms with Gasteiger partial charge in [-0.25, -0.2) is 15.0 Å².